The van der Waals surface area contributed by atoms with E-state index in [4.69, 9.17) is 5.26 Å². The number of nitrogens with one attached hydrogen (secondary N) is 1. The van der Waals surface area contributed by atoms with E-state index in [-0.39, 0.29) is 0 Å². The van der Waals surface area contributed by atoms with Gasteiger partial charge >= 0.3 is 5.97 Å². The van der Waals surface area contributed by atoms with Crippen molar-refractivity contribution in [2.75, 3.05) is 5.32 Å². The maximum Gasteiger partial charge on any atom is 0.329 e. The monoisotopic (exact) mass is 244 g/mol. The van der Waals surface area contributed by atoms with Gasteiger partial charge in [0.05, 0.1) is 11.6 Å². The van der Waals surface area contributed by atoms with E-state index in [1.807, 2.05) is 13.0 Å². The number of nitrogens with zero attached hydrogens (tertiary/aromatic N) is 1. The lowest BCUT2D eigenvalue weighted by atomic mass is 9.96. The first-order valence-corrected chi connectivity index (χ1v) is 6.10. The van der Waals surface area contributed by atoms with Crippen LogP contribution >= 0.6 is 0 Å². The second kappa shape index (κ2) is 4.69. The first-order valence-electron chi connectivity index (χ1n) is 6.10. The third-order valence-corrected chi connectivity index (χ3v) is 3.61. The highest BCUT2D eigenvalue weighted by Crippen LogP contribution is 2.34. The summed E-state index contributed by atoms with van der Waals surface area (Å²) in [6.07, 6.45) is 3.13. The molecule has 94 valence electrons. The van der Waals surface area contributed by atoms with Gasteiger partial charge in [0.1, 0.15) is 5.54 Å². The van der Waals surface area contributed by atoms with E-state index in [9.17, 15) is 9.90 Å². The Labute approximate surface area is 106 Å². The van der Waals surface area contributed by atoms with Crippen LogP contribution in [0.15, 0.2) is 18.2 Å². The smallest absolute Gasteiger partial charge is 0.329 e. The topological polar surface area (TPSA) is 73.1 Å². The van der Waals surface area contributed by atoms with Gasteiger partial charge in [-0.15, -0.1) is 0 Å². The van der Waals surface area contributed by atoms with Crippen LogP contribution in [0, 0.1) is 18.3 Å². The Kier molecular flexibility index (Phi) is 3.24. The zero-order valence-corrected chi connectivity index (χ0v) is 10.4. The van der Waals surface area contributed by atoms with Crippen LogP contribution in [0.25, 0.3) is 0 Å². The van der Waals surface area contributed by atoms with Crippen molar-refractivity contribution in [1.82, 2.24) is 0 Å². The molecule has 1 fully saturated rings. The van der Waals surface area contributed by atoms with Crippen molar-refractivity contribution in [3.63, 3.8) is 0 Å². The van der Waals surface area contributed by atoms with Crippen molar-refractivity contribution >= 4 is 11.7 Å². The Hall–Kier alpha value is -2.02. The molecule has 0 unspecified atom stereocenters. The third-order valence-electron chi connectivity index (χ3n) is 3.61. The summed E-state index contributed by atoms with van der Waals surface area (Å²) in [5.74, 6) is -0.804. The van der Waals surface area contributed by atoms with Gasteiger partial charge in [-0.3, -0.25) is 0 Å². The number of rotatable bonds is 3. The minimum absolute atomic E-state index is 0.543. The van der Waals surface area contributed by atoms with Crippen molar-refractivity contribution in [3.05, 3.63) is 29.3 Å². The molecule has 4 heteroatoms. The van der Waals surface area contributed by atoms with Gasteiger partial charge in [-0.2, -0.15) is 5.26 Å². The first kappa shape index (κ1) is 12.4. The van der Waals surface area contributed by atoms with E-state index in [2.05, 4.69) is 11.4 Å². The number of carbonyl (C=O) groups is 1. The van der Waals surface area contributed by atoms with Crippen molar-refractivity contribution in [3.8, 4) is 6.07 Å². The maximum atomic E-state index is 11.5. The molecule has 0 aromatic heterocycles. The van der Waals surface area contributed by atoms with Crippen LogP contribution in [0.3, 0.4) is 0 Å². The van der Waals surface area contributed by atoms with Crippen LogP contribution in [-0.2, 0) is 4.79 Å². The lowest BCUT2D eigenvalue weighted by molar-refractivity contribution is -0.142. The van der Waals surface area contributed by atoms with Gasteiger partial charge in [0.15, 0.2) is 0 Å². The third kappa shape index (κ3) is 2.17. The number of aliphatic carboxylic acids is 1. The van der Waals surface area contributed by atoms with Gasteiger partial charge in [0.2, 0.25) is 0 Å². The quantitative estimate of drug-likeness (QED) is 0.857. The number of aryl methyl sites for hydroxylation is 1. The fraction of sp³-hybridized carbons (Fsp3) is 0.429. The van der Waals surface area contributed by atoms with E-state index in [0.717, 1.165) is 24.1 Å². The number of hydrogen-bond donors (Lipinski definition) is 2. The summed E-state index contributed by atoms with van der Waals surface area (Å²) >= 11 is 0. The molecule has 1 saturated carbocycles. The van der Waals surface area contributed by atoms with Gasteiger partial charge in [0, 0.05) is 5.69 Å². The normalized spacial score (nSPS) is 17.1. The number of carboxylic acid groups (broad SMARTS) is 1. The van der Waals surface area contributed by atoms with E-state index in [1.165, 1.54) is 0 Å². The highest BCUT2D eigenvalue weighted by atomic mass is 16.4. The molecule has 0 saturated heterocycles. The van der Waals surface area contributed by atoms with Crippen LogP contribution in [0.5, 0.6) is 0 Å². The number of nitriles is 1. The van der Waals surface area contributed by atoms with Gasteiger partial charge in [-0.25, -0.2) is 4.79 Å². The van der Waals surface area contributed by atoms with E-state index in [1.54, 1.807) is 12.1 Å². The Morgan fingerprint density at radius 2 is 2.11 bits per heavy atom. The van der Waals surface area contributed by atoms with Crippen LogP contribution in [-0.4, -0.2) is 16.6 Å². The molecule has 0 aliphatic heterocycles. The standard InChI is InChI=1S/C14H16N2O2/c1-10-4-5-11(9-15)8-12(10)16-14(13(17)18)6-2-3-7-14/h4-5,8,16H,2-3,6-7H2,1H3,(H,17,18). The average Bonchev–Trinajstić information content (AvgIpc) is 2.82. The van der Waals surface area contributed by atoms with Gasteiger partial charge in [0.25, 0.3) is 0 Å². The van der Waals surface area contributed by atoms with Crippen molar-refractivity contribution < 1.29 is 9.90 Å². The van der Waals surface area contributed by atoms with Crippen molar-refractivity contribution in [2.24, 2.45) is 0 Å². The molecule has 4 nitrogen and oxygen atoms in total. The highest BCUT2D eigenvalue weighted by Gasteiger charge is 2.41. The molecule has 0 amide bonds. The minimum atomic E-state index is -0.862. The molecule has 0 spiro atoms. The fourth-order valence-corrected chi connectivity index (χ4v) is 2.45. The molecule has 1 aromatic carbocycles. The first-order chi connectivity index (χ1) is 8.57. The van der Waals surface area contributed by atoms with Crippen molar-refractivity contribution in [2.45, 2.75) is 38.1 Å². The number of carboxylic acids is 1. The largest absolute Gasteiger partial charge is 0.480 e. The summed E-state index contributed by atoms with van der Waals surface area (Å²) in [5, 5.41) is 21.5. The molecule has 1 aliphatic rings. The minimum Gasteiger partial charge on any atom is -0.480 e. The average molecular weight is 244 g/mol. The lowest BCUT2D eigenvalue weighted by Gasteiger charge is -2.27. The summed E-state index contributed by atoms with van der Waals surface area (Å²) < 4.78 is 0. The summed E-state index contributed by atoms with van der Waals surface area (Å²) in [5.41, 5.74) is 1.39. The Bertz CT molecular complexity index is 511. The van der Waals surface area contributed by atoms with Crippen LogP contribution < -0.4 is 5.32 Å². The molecular weight excluding hydrogens is 228 g/mol. The van der Waals surface area contributed by atoms with Crippen LogP contribution in [0.4, 0.5) is 5.69 Å². The predicted octanol–water partition coefficient (Wildman–Crippen LogP) is 2.68. The Morgan fingerprint density at radius 3 is 2.67 bits per heavy atom. The van der Waals surface area contributed by atoms with Gasteiger partial charge < -0.3 is 10.4 Å². The fourth-order valence-electron chi connectivity index (χ4n) is 2.45. The van der Waals surface area contributed by atoms with E-state index >= 15 is 0 Å². The number of anilines is 1. The zero-order chi connectivity index (χ0) is 13.2. The summed E-state index contributed by atoms with van der Waals surface area (Å²) in [6, 6.07) is 7.37. The second-order valence-corrected chi connectivity index (χ2v) is 4.86. The molecule has 0 heterocycles. The molecule has 1 aromatic rings. The zero-order valence-electron chi connectivity index (χ0n) is 10.4. The lowest BCUT2D eigenvalue weighted by Crippen LogP contribution is -2.43. The highest BCUT2D eigenvalue weighted by molar-refractivity contribution is 5.83. The molecule has 18 heavy (non-hydrogen) atoms. The molecular formula is C14H16N2O2. The second-order valence-electron chi connectivity index (χ2n) is 4.86. The van der Waals surface area contributed by atoms with Crippen molar-refractivity contribution in [1.29, 1.82) is 5.26 Å². The van der Waals surface area contributed by atoms with Gasteiger partial charge in [-0.05, 0) is 37.5 Å². The molecule has 2 N–H and O–H groups in total. The van der Waals surface area contributed by atoms with E-state index in [0.29, 0.717) is 18.4 Å². The van der Waals surface area contributed by atoms with Gasteiger partial charge in [-0.1, -0.05) is 18.9 Å². The number of benzene rings is 1. The summed E-state index contributed by atoms with van der Waals surface area (Å²) in [7, 11) is 0. The Balaban J connectivity index is 2.33. The molecule has 0 atom stereocenters. The predicted molar refractivity (Wildman–Crippen MR) is 68.4 cm³/mol. The molecule has 0 bridgehead atoms. The maximum absolute atomic E-state index is 11.5. The van der Waals surface area contributed by atoms with E-state index < -0.39 is 11.5 Å². The summed E-state index contributed by atoms with van der Waals surface area (Å²) in [4.78, 5) is 11.5. The number of hydrogen-bond acceptors (Lipinski definition) is 3. The molecule has 0 radical (unpaired) electrons. The molecule has 2 rings (SSSR count). The SMILES string of the molecule is Cc1ccc(C#N)cc1NC1(C(=O)O)CCCC1. The molecule has 1 aliphatic carbocycles. The van der Waals surface area contributed by atoms with Crippen LogP contribution in [0.1, 0.15) is 36.8 Å². The Morgan fingerprint density at radius 1 is 1.44 bits per heavy atom. The van der Waals surface area contributed by atoms with Crippen LogP contribution in [0.2, 0.25) is 0 Å². The summed E-state index contributed by atoms with van der Waals surface area (Å²) in [6.45, 7) is 1.91.